The summed E-state index contributed by atoms with van der Waals surface area (Å²) in [5.41, 5.74) is 17.9. The van der Waals surface area contributed by atoms with E-state index in [2.05, 4.69) is 9.98 Å². The van der Waals surface area contributed by atoms with Crippen LogP contribution >= 0.6 is 11.8 Å². The van der Waals surface area contributed by atoms with E-state index in [1.807, 2.05) is 24.3 Å². The van der Waals surface area contributed by atoms with Gasteiger partial charge >= 0.3 is 0 Å². The van der Waals surface area contributed by atoms with Crippen molar-refractivity contribution in [2.75, 3.05) is 0 Å². The molecule has 0 bridgehead atoms. The first-order valence-corrected chi connectivity index (χ1v) is 7.43. The number of nitrogens with zero attached hydrogens (tertiary/aromatic N) is 2. The molecule has 2 aromatic rings. The third kappa shape index (κ3) is 4.78. The molecule has 0 unspecified atom stereocenters. The predicted octanol–water partition coefficient (Wildman–Crippen LogP) is 2.34. The fraction of sp³-hybridized carbons (Fsp3) is 0.0667. The summed E-state index contributed by atoms with van der Waals surface area (Å²) in [4.78, 5) is 8.81. The molecule has 7 heteroatoms. The zero-order valence-corrected chi connectivity index (χ0v) is 12.6. The molecule has 0 heterocycles. The first-order chi connectivity index (χ1) is 10.5. The van der Waals surface area contributed by atoms with E-state index in [0.29, 0.717) is 11.4 Å². The lowest BCUT2D eigenvalue weighted by atomic mass is 10.2. The second kappa shape index (κ2) is 7.46. The molecule has 0 radical (unpaired) electrons. The van der Waals surface area contributed by atoms with Crippen LogP contribution in [0.25, 0.3) is 0 Å². The molecule has 0 aromatic heterocycles. The van der Waals surface area contributed by atoms with Gasteiger partial charge in [0.1, 0.15) is 5.82 Å². The highest BCUT2D eigenvalue weighted by atomic mass is 32.2. The van der Waals surface area contributed by atoms with Gasteiger partial charge in [-0.15, -0.1) is 11.8 Å². The minimum absolute atomic E-state index is 0.00479. The Morgan fingerprint density at radius 2 is 1.68 bits per heavy atom. The van der Waals surface area contributed by atoms with Crippen molar-refractivity contribution < 1.29 is 4.39 Å². The summed E-state index contributed by atoms with van der Waals surface area (Å²) in [7, 11) is 0. The average molecular weight is 317 g/mol. The van der Waals surface area contributed by atoms with Crippen LogP contribution in [0, 0.1) is 5.82 Å². The zero-order chi connectivity index (χ0) is 15.9. The highest BCUT2D eigenvalue weighted by molar-refractivity contribution is 7.98. The SMILES string of the molecule is NC(N)=NC(N)=Nc1ccccc1SCc1ccc(F)cc1. The summed E-state index contributed by atoms with van der Waals surface area (Å²) >= 11 is 1.57. The number of halogens is 1. The van der Waals surface area contributed by atoms with Gasteiger partial charge in [-0.05, 0) is 29.8 Å². The second-order valence-corrected chi connectivity index (χ2v) is 5.41. The van der Waals surface area contributed by atoms with Gasteiger partial charge in [-0.25, -0.2) is 9.38 Å². The van der Waals surface area contributed by atoms with Gasteiger partial charge in [0.05, 0.1) is 5.69 Å². The monoisotopic (exact) mass is 317 g/mol. The lowest BCUT2D eigenvalue weighted by molar-refractivity contribution is 0.627. The Morgan fingerprint density at radius 3 is 2.36 bits per heavy atom. The van der Waals surface area contributed by atoms with Gasteiger partial charge < -0.3 is 17.2 Å². The summed E-state index contributed by atoms with van der Waals surface area (Å²) in [5.74, 6) is 0.297. The summed E-state index contributed by atoms with van der Waals surface area (Å²) < 4.78 is 12.9. The number of para-hydroxylation sites is 1. The average Bonchev–Trinajstić information content (AvgIpc) is 2.47. The van der Waals surface area contributed by atoms with E-state index in [0.717, 1.165) is 10.5 Å². The molecule has 0 saturated carbocycles. The highest BCUT2D eigenvalue weighted by Gasteiger charge is 2.03. The van der Waals surface area contributed by atoms with Crippen LogP contribution in [0.2, 0.25) is 0 Å². The largest absolute Gasteiger partial charge is 0.370 e. The Labute approximate surface area is 132 Å². The molecule has 22 heavy (non-hydrogen) atoms. The van der Waals surface area contributed by atoms with Gasteiger partial charge in [0, 0.05) is 10.6 Å². The van der Waals surface area contributed by atoms with Gasteiger partial charge in [-0.3, -0.25) is 0 Å². The molecule has 0 aliphatic rings. The van der Waals surface area contributed by atoms with Crippen LogP contribution in [0.4, 0.5) is 10.1 Å². The molecule has 2 aromatic carbocycles. The van der Waals surface area contributed by atoms with Crippen molar-refractivity contribution in [2.24, 2.45) is 27.2 Å². The van der Waals surface area contributed by atoms with E-state index in [9.17, 15) is 4.39 Å². The van der Waals surface area contributed by atoms with Crippen molar-refractivity contribution in [3.05, 3.63) is 59.9 Å². The normalized spacial score (nSPS) is 11.2. The van der Waals surface area contributed by atoms with Crippen LogP contribution in [0.1, 0.15) is 5.56 Å². The molecule has 0 atom stereocenters. The molecule has 0 spiro atoms. The van der Waals surface area contributed by atoms with E-state index in [1.165, 1.54) is 12.1 Å². The van der Waals surface area contributed by atoms with E-state index >= 15 is 0 Å². The van der Waals surface area contributed by atoms with Gasteiger partial charge in [0.2, 0.25) is 5.96 Å². The van der Waals surface area contributed by atoms with Gasteiger partial charge in [0.15, 0.2) is 5.96 Å². The summed E-state index contributed by atoms with van der Waals surface area (Å²) in [5, 5.41) is 0. The maximum absolute atomic E-state index is 12.9. The Bertz CT molecular complexity index is 693. The second-order valence-electron chi connectivity index (χ2n) is 4.39. The Morgan fingerprint density at radius 1 is 1.00 bits per heavy atom. The first-order valence-electron chi connectivity index (χ1n) is 6.44. The summed E-state index contributed by atoms with van der Waals surface area (Å²) in [6.45, 7) is 0. The van der Waals surface area contributed by atoms with Gasteiger partial charge in [-0.1, -0.05) is 24.3 Å². The molecule has 0 aliphatic carbocycles. The minimum Gasteiger partial charge on any atom is -0.370 e. The van der Waals surface area contributed by atoms with Crippen molar-refractivity contribution in [3.8, 4) is 0 Å². The molecule has 0 amide bonds. The Balaban J connectivity index is 2.14. The molecule has 0 aliphatic heterocycles. The standard InChI is InChI=1S/C15H16FN5S/c16-11-7-5-10(6-8-11)9-22-13-4-2-1-3-12(13)20-15(19)21-14(17)18/h1-8H,9H2,(H6,17,18,19,20,21). The van der Waals surface area contributed by atoms with Gasteiger partial charge in [-0.2, -0.15) is 4.99 Å². The van der Waals surface area contributed by atoms with Crippen LogP contribution in [0.5, 0.6) is 0 Å². The predicted molar refractivity (Wildman–Crippen MR) is 89.5 cm³/mol. The van der Waals surface area contributed by atoms with Crippen LogP contribution in [0.15, 0.2) is 63.4 Å². The van der Waals surface area contributed by atoms with Crippen molar-refractivity contribution >= 4 is 29.4 Å². The third-order valence-corrected chi connectivity index (χ3v) is 3.79. The Kier molecular flexibility index (Phi) is 5.37. The van der Waals surface area contributed by atoms with Crippen molar-refractivity contribution in [2.45, 2.75) is 10.6 Å². The Hall–Kier alpha value is -2.54. The van der Waals surface area contributed by atoms with E-state index in [1.54, 1.807) is 23.9 Å². The quantitative estimate of drug-likeness (QED) is 0.457. The lowest BCUT2D eigenvalue weighted by Gasteiger charge is -2.06. The fourth-order valence-corrected chi connectivity index (χ4v) is 2.64. The molecule has 2 rings (SSSR count). The maximum atomic E-state index is 12.9. The number of hydrogen-bond donors (Lipinski definition) is 3. The van der Waals surface area contributed by atoms with E-state index < -0.39 is 0 Å². The number of hydrogen-bond acceptors (Lipinski definition) is 2. The minimum atomic E-state index is -0.247. The molecule has 5 nitrogen and oxygen atoms in total. The smallest absolute Gasteiger partial charge is 0.223 e. The van der Waals surface area contributed by atoms with Crippen molar-refractivity contribution in [1.82, 2.24) is 0 Å². The van der Waals surface area contributed by atoms with E-state index in [-0.39, 0.29) is 17.7 Å². The molecule has 114 valence electrons. The number of thioether (sulfide) groups is 1. The molecular weight excluding hydrogens is 301 g/mol. The number of benzene rings is 2. The zero-order valence-electron chi connectivity index (χ0n) is 11.7. The topological polar surface area (TPSA) is 103 Å². The molecular formula is C15H16FN5S. The number of guanidine groups is 2. The fourth-order valence-electron chi connectivity index (χ4n) is 1.69. The van der Waals surface area contributed by atoms with Crippen molar-refractivity contribution in [1.29, 1.82) is 0 Å². The number of nitrogens with two attached hydrogens (primary N) is 3. The van der Waals surface area contributed by atoms with E-state index in [4.69, 9.17) is 17.2 Å². The van der Waals surface area contributed by atoms with Crippen LogP contribution in [0.3, 0.4) is 0 Å². The molecule has 0 fully saturated rings. The molecule has 6 N–H and O–H groups in total. The summed E-state index contributed by atoms with van der Waals surface area (Å²) in [6.07, 6.45) is 0. The van der Waals surface area contributed by atoms with Crippen LogP contribution < -0.4 is 17.2 Å². The molecule has 0 saturated heterocycles. The maximum Gasteiger partial charge on any atom is 0.223 e. The van der Waals surface area contributed by atoms with Gasteiger partial charge in [0.25, 0.3) is 0 Å². The highest BCUT2D eigenvalue weighted by Crippen LogP contribution is 2.31. The van der Waals surface area contributed by atoms with Crippen LogP contribution in [-0.4, -0.2) is 11.9 Å². The first kappa shape index (κ1) is 15.8. The third-order valence-electron chi connectivity index (χ3n) is 2.65. The van der Waals surface area contributed by atoms with Crippen LogP contribution in [-0.2, 0) is 5.75 Å². The number of aliphatic imine (C=N–C) groups is 2. The van der Waals surface area contributed by atoms with Crippen molar-refractivity contribution in [3.63, 3.8) is 0 Å². The number of rotatable bonds is 4. The lowest BCUT2D eigenvalue weighted by Crippen LogP contribution is -2.26. The summed E-state index contributed by atoms with van der Waals surface area (Å²) in [6, 6.07) is 13.9.